The molecule has 0 fully saturated rings. The SMILES string of the molecule is Cc1cccc(C(=O)N(C)C)c1I. The van der Waals surface area contributed by atoms with E-state index in [0.29, 0.717) is 0 Å². The Bertz CT molecular complexity index is 334. The molecule has 3 heteroatoms. The second-order valence-electron chi connectivity index (χ2n) is 3.14. The predicted octanol–water partition coefficient (Wildman–Crippen LogP) is 2.30. The zero-order chi connectivity index (χ0) is 10.0. The monoisotopic (exact) mass is 289 g/mol. The van der Waals surface area contributed by atoms with Crippen LogP contribution in [-0.4, -0.2) is 24.9 Å². The first-order valence-corrected chi connectivity index (χ1v) is 5.08. The lowest BCUT2D eigenvalue weighted by molar-refractivity contribution is 0.0826. The lowest BCUT2D eigenvalue weighted by Gasteiger charge is -2.12. The van der Waals surface area contributed by atoms with Gasteiger partial charge in [-0.1, -0.05) is 12.1 Å². The number of amides is 1. The van der Waals surface area contributed by atoms with Crippen LogP contribution in [0.3, 0.4) is 0 Å². The Labute approximate surface area is 92.1 Å². The largest absolute Gasteiger partial charge is 0.345 e. The van der Waals surface area contributed by atoms with E-state index >= 15 is 0 Å². The fraction of sp³-hybridized carbons (Fsp3) is 0.300. The van der Waals surface area contributed by atoms with Gasteiger partial charge in [0.15, 0.2) is 0 Å². The molecule has 0 atom stereocenters. The van der Waals surface area contributed by atoms with Crippen LogP contribution in [0.25, 0.3) is 0 Å². The van der Waals surface area contributed by atoms with E-state index in [1.165, 1.54) is 0 Å². The number of carbonyl (C=O) groups is 1. The Morgan fingerprint density at radius 3 is 2.54 bits per heavy atom. The number of benzene rings is 1. The maximum Gasteiger partial charge on any atom is 0.254 e. The van der Waals surface area contributed by atoms with Crippen molar-refractivity contribution in [2.45, 2.75) is 6.92 Å². The number of hydrogen-bond donors (Lipinski definition) is 0. The summed E-state index contributed by atoms with van der Waals surface area (Å²) in [5.41, 5.74) is 1.93. The normalized spacial score (nSPS) is 9.85. The second kappa shape index (κ2) is 4.09. The third kappa shape index (κ3) is 2.21. The number of carbonyl (C=O) groups excluding carboxylic acids is 1. The van der Waals surface area contributed by atoms with Crippen LogP contribution in [0.4, 0.5) is 0 Å². The Morgan fingerprint density at radius 1 is 1.38 bits per heavy atom. The second-order valence-corrected chi connectivity index (χ2v) is 4.21. The number of hydrogen-bond acceptors (Lipinski definition) is 1. The lowest BCUT2D eigenvalue weighted by Crippen LogP contribution is -2.22. The van der Waals surface area contributed by atoms with Crippen LogP contribution in [0, 0.1) is 10.5 Å². The molecule has 0 unspecified atom stereocenters. The van der Waals surface area contributed by atoms with Crippen LogP contribution in [0.1, 0.15) is 15.9 Å². The van der Waals surface area contributed by atoms with Crippen molar-refractivity contribution in [2.24, 2.45) is 0 Å². The van der Waals surface area contributed by atoms with Crippen molar-refractivity contribution in [2.75, 3.05) is 14.1 Å². The van der Waals surface area contributed by atoms with Crippen LogP contribution in [-0.2, 0) is 0 Å². The van der Waals surface area contributed by atoms with E-state index < -0.39 is 0 Å². The van der Waals surface area contributed by atoms with Crippen molar-refractivity contribution >= 4 is 28.5 Å². The molecule has 0 spiro atoms. The average molecular weight is 289 g/mol. The van der Waals surface area contributed by atoms with Gasteiger partial charge in [0.1, 0.15) is 0 Å². The highest BCUT2D eigenvalue weighted by molar-refractivity contribution is 14.1. The minimum Gasteiger partial charge on any atom is -0.345 e. The van der Waals surface area contributed by atoms with Gasteiger partial charge in [0, 0.05) is 17.7 Å². The van der Waals surface area contributed by atoms with Crippen molar-refractivity contribution < 1.29 is 4.79 Å². The molecular formula is C10H12INO. The van der Waals surface area contributed by atoms with E-state index in [1.54, 1.807) is 19.0 Å². The van der Waals surface area contributed by atoms with Crippen molar-refractivity contribution in [3.63, 3.8) is 0 Å². The Balaban J connectivity index is 3.15. The molecule has 0 saturated carbocycles. The average Bonchev–Trinajstić information content (AvgIpc) is 2.08. The molecule has 1 amide bonds. The summed E-state index contributed by atoms with van der Waals surface area (Å²) in [7, 11) is 3.53. The molecule has 0 aromatic heterocycles. The molecule has 13 heavy (non-hydrogen) atoms. The van der Waals surface area contributed by atoms with E-state index in [2.05, 4.69) is 22.6 Å². The summed E-state index contributed by atoms with van der Waals surface area (Å²) in [6.45, 7) is 2.01. The first kappa shape index (κ1) is 10.5. The lowest BCUT2D eigenvalue weighted by atomic mass is 10.1. The molecule has 1 rings (SSSR count). The third-order valence-electron chi connectivity index (χ3n) is 1.83. The molecule has 0 saturated heterocycles. The van der Waals surface area contributed by atoms with E-state index in [1.807, 2.05) is 25.1 Å². The Morgan fingerprint density at radius 2 is 2.00 bits per heavy atom. The minimum absolute atomic E-state index is 0.0631. The highest BCUT2D eigenvalue weighted by atomic mass is 127. The van der Waals surface area contributed by atoms with Gasteiger partial charge >= 0.3 is 0 Å². The summed E-state index contributed by atoms with van der Waals surface area (Å²) < 4.78 is 1.04. The van der Waals surface area contributed by atoms with Gasteiger partial charge in [0.05, 0.1) is 5.56 Å². The van der Waals surface area contributed by atoms with Crippen molar-refractivity contribution in [1.29, 1.82) is 0 Å². The zero-order valence-electron chi connectivity index (χ0n) is 7.97. The molecule has 1 aromatic carbocycles. The number of nitrogens with zero attached hydrogens (tertiary/aromatic N) is 1. The standard InChI is InChI=1S/C10H12INO/c1-7-5-4-6-8(9(7)11)10(13)12(2)3/h4-6H,1-3H3. The van der Waals surface area contributed by atoms with Gasteiger partial charge in [-0.3, -0.25) is 4.79 Å². The molecule has 0 aliphatic rings. The number of halogens is 1. The summed E-state index contributed by atoms with van der Waals surface area (Å²) in [4.78, 5) is 13.2. The summed E-state index contributed by atoms with van der Waals surface area (Å²) in [5.74, 6) is 0.0631. The van der Waals surface area contributed by atoms with E-state index in [0.717, 1.165) is 14.7 Å². The molecule has 2 nitrogen and oxygen atoms in total. The van der Waals surface area contributed by atoms with E-state index in [-0.39, 0.29) is 5.91 Å². The van der Waals surface area contributed by atoms with Crippen LogP contribution in [0.15, 0.2) is 18.2 Å². The minimum atomic E-state index is 0.0631. The highest BCUT2D eigenvalue weighted by Gasteiger charge is 2.12. The van der Waals surface area contributed by atoms with Crippen LogP contribution < -0.4 is 0 Å². The van der Waals surface area contributed by atoms with Gasteiger partial charge in [-0.15, -0.1) is 0 Å². The smallest absolute Gasteiger partial charge is 0.254 e. The Kier molecular flexibility index (Phi) is 3.30. The van der Waals surface area contributed by atoms with Gasteiger partial charge in [-0.25, -0.2) is 0 Å². The zero-order valence-corrected chi connectivity index (χ0v) is 10.1. The van der Waals surface area contributed by atoms with E-state index in [9.17, 15) is 4.79 Å². The van der Waals surface area contributed by atoms with Crippen LogP contribution >= 0.6 is 22.6 Å². The van der Waals surface area contributed by atoms with Gasteiger partial charge in [0.25, 0.3) is 5.91 Å². The molecule has 70 valence electrons. The van der Waals surface area contributed by atoms with Gasteiger partial charge in [-0.05, 0) is 41.1 Å². The number of rotatable bonds is 1. The molecular weight excluding hydrogens is 277 g/mol. The maximum atomic E-state index is 11.6. The fourth-order valence-electron chi connectivity index (χ4n) is 1.05. The molecule has 0 bridgehead atoms. The summed E-state index contributed by atoms with van der Waals surface area (Å²) in [6, 6.07) is 5.78. The molecule has 0 radical (unpaired) electrons. The first-order valence-electron chi connectivity index (χ1n) is 4.01. The molecule has 0 aliphatic heterocycles. The number of aryl methyl sites for hydroxylation is 1. The molecule has 0 N–H and O–H groups in total. The summed E-state index contributed by atoms with van der Waals surface area (Å²) in [6.07, 6.45) is 0. The topological polar surface area (TPSA) is 20.3 Å². The third-order valence-corrected chi connectivity index (χ3v) is 3.26. The van der Waals surface area contributed by atoms with Crippen molar-refractivity contribution in [3.05, 3.63) is 32.9 Å². The maximum absolute atomic E-state index is 11.6. The summed E-state index contributed by atoms with van der Waals surface area (Å²) in [5, 5.41) is 0. The summed E-state index contributed by atoms with van der Waals surface area (Å²) >= 11 is 2.21. The van der Waals surface area contributed by atoms with Gasteiger partial charge < -0.3 is 4.90 Å². The quantitative estimate of drug-likeness (QED) is 0.726. The van der Waals surface area contributed by atoms with Crippen LogP contribution in [0.2, 0.25) is 0 Å². The molecule has 1 aromatic rings. The van der Waals surface area contributed by atoms with Crippen LogP contribution in [0.5, 0.6) is 0 Å². The van der Waals surface area contributed by atoms with Crippen molar-refractivity contribution in [3.8, 4) is 0 Å². The van der Waals surface area contributed by atoms with E-state index in [4.69, 9.17) is 0 Å². The predicted molar refractivity (Wildman–Crippen MR) is 61.9 cm³/mol. The molecule has 0 heterocycles. The first-order chi connectivity index (χ1) is 6.04. The highest BCUT2D eigenvalue weighted by Crippen LogP contribution is 2.17. The molecule has 0 aliphatic carbocycles. The van der Waals surface area contributed by atoms with Crippen molar-refractivity contribution in [1.82, 2.24) is 4.90 Å². The van der Waals surface area contributed by atoms with Gasteiger partial charge in [-0.2, -0.15) is 0 Å². The van der Waals surface area contributed by atoms with Gasteiger partial charge in [0.2, 0.25) is 0 Å². The fourth-order valence-corrected chi connectivity index (χ4v) is 1.64. The Hall–Kier alpha value is -0.580.